The van der Waals surface area contributed by atoms with Crippen LogP contribution >= 0.6 is 0 Å². The Morgan fingerprint density at radius 2 is 2.00 bits per heavy atom. The number of aryl methyl sites for hydroxylation is 2. The van der Waals surface area contributed by atoms with Gasteiger partial charge in [-0.05, 0) is 69.4 Å². The number of nitrogens with zero attached hydrogens (tertiary/aromatic N) is 2. The first-order valence-corrected chi connectivity index (χ1v) is 8.38. The Hall–Kier alpha value is -2.36. The molecule has 1 aromatic carbocycles. The van der Waals surface area contributed by atoms with E-state index in [4.69, 9.17) is 4.74 Å². The molecule has 1 atom stereocenters. The predicted molar refractivity (Wildman–Crippen MR) is 95.2 cm³/mol. The van der Waals surface area contributed by atoms with Gasteiger partial charge in [0, 0.05) is 6.20 Å². The summed E-state index contributed by atoms with van der Waals surface area (Å²) in [5.74, 6) is 0.644. The molecule has 1 aliphatic rings. The Morgan fingerprint density at radius 1 is 1.25 bits per heavy atom. The minimum Gasteiger partial charge on any atom is -0.443 e. The van der Waals surface area contributed by atoms with Crippen LogP contribution in [0.25, 0.3) is 0 Å². The largest absolute Gasteiger partial charge is 0.443 e. The number of anilines is 1. The lowest BCUT2D eigenvalue weighted by Crippen LogP contribution is -2.39. The molecule has 2 aromatic rings. The van der Waals surface area contributed by atoms with Crippen LogP contribution in [0.3, 0.4) is 0 Å². The van der Waals surface area contributed by atoms with Gasteiger partial charge in [-0.2, -0.15) is 0 Å². The van der Waals surface area contributed by atoms with Crippen LogP contribution in [0.4, 0.5) is 10.6 Å². The van der Waals surface area contributed by atoms with Crippen LogP contribution in [-0.4, -0.2) is 16.7 Å². The number of fused-ring (bicyclic) bond motifs is 1. The van der Waals surface area contributed by atoms with Crippen molar-refractivity contribution in [3.8, 4) is 0 Å². The third kappa shape index (κ3) is 3.42. The minimum atomic E-state index is -0.544. The Morgan fingerprint density at radius 3 is 2.71 bits per heavy atom. The number of carbonyl (C=O) groups excluding carboxylic acids is 1. The van der Waals surface area contributed by atoms with Gasteiger partial charge in [-0.15, -0.1) is 0 Å². The Kier molecular flexibility index (Phi) is 4.31. The quantitative estimate of drug-likeness (QED) is 0.795. The van der Waals surface area contributed by atoms with Crippen LogP contribution in [0.1, 0.15) is 49.9 Å². The van der Waals surface area contributed by atoms with Crippen molar-refractivity contribution in [2.24, 2.45) is 0 Å². The summed E-state index contributed by atoms with van der Waals surface area (Å²) in [7, 11) is 0. The first-order valence-electron chi connectivity index (χ1n) is 8.38. The van der Waals surface area contributed by atoms with Gasteiger partial charge in [-0.1, -0.05) is 24.3 Å². The lowest BCUT2D eigenvalue weighted by Gasteiger charge is -2.31. The van der Waals surface area contributed by atoms with Crippen molar-refractivity contribution in [1.29, 1.82) is 0 Å². The summed E-state index contributed by atoms with van der Waals surface area (Å²) in [5, 5.41) is 0. The van der Waals surface area contributed by atoms with Gasteiger partial charge in [-0.25, -0.2) is 9.78 Å². The fourth-order valence-corrected chi connectivity index (χ4v) is 3.15. The van der Waals surface area contributed by atoms with Crippen molar-refractivity contribution in [3.05, 3.63) is 59.3 Å². The molecule has 126 valence electrons. The van der Waals surface area contributed by atoms with E-state index >= 15 is 0 Å². The highest BCUT2D eigenvalue weighted by atomic mass is 16.6. The molecular formula is C20H24N2O2. The van der Waals surface area contributed by atoms with E-state index in [0.717, 1.165) is 18.4 Å². The van der Waals surface area contributed by atoms with Gasteiger partial charge in [0.1, 0.15) is 11.4 Å². The first-order chi connectivity index (χ1) is 11.3. The van der Waals surface area contributed by atoms with Crippen molar-refractivity contribution < 1.29 is 9.53 Å². The number of ether oxygens (including phenoxy) is 1. The fraction of sp³-hybridized carbons (Fsp3) is 0.400. The molecule has 0 fully saturated rings. The van der Waals surface area contributed by atoms with E-state index in [-0.39, 0.29) is 12.1 Å². The van der Waals surface area contributed by atoms with Gasteiger partial charge in [0.25, 0.3) is 0 Å². The van der Waals surface area contributed by atoms with E-state index in [1.54, 1.807) is 11.1 Å². The molecule has 3 rings (SSSR count). The number of benzene rings is 1. The molecule has 0 unspecified atom stereocenters. The van der Waals surface area contributed by atoms with Gasteiger partial charge in [-0.3, -0.25) is 4.90 Å². The SMILES string of the molecule is Cc1ccnc(N(C(=O)OC(C)(C)C)[C@H]2CCc3ccccc32)c1. The first kappa shape index (κ1) is 16.5. The molecule has 0 bridgehead atoms. The van der Waals surface area contributed by atoms with Crippen LogP contribution in [-0.2, 0) is 11.2 Å². The molecule has 1 aliphatic carbocycles. The molecule has 4 heteroatoms. The summed E-state index contributed by atoms with van der Waals surface area (Å²) in [6, 6.07) is 12.1. The zero-order valence-electron chi connectivity index (χ0n) is 14.7. The highest BCUT2D eigenvalue weighted by molar-refractivity contribution is 5.88. The summed E-state index contributed by atoms with van der Waals surface area (Å²) in [4.78, 5) is 19.1. The third-order valence-electron chi connectivity index (χ3n) is 4.15. The summed E-state index contributed by atoms with van der Waals surface area (Å²) < 4.78 is 5.67. The molecular weight excluding hydrogens is 300 g/mol. The average Bonchev–Trinajstić information content (AvgIpc) is 2.90. The molecule has 0 spiro atoms. The van der Waals surface area contributed by atoms with Crippen molar-refractivity contribution >= 4 is 11.9 Å². The maximum absolute atomic E-state index is 12.9. The lowest BCUT2D eigenvalue weighted by molar-refractivity contribution is 0.0563. The molecule has 1 amide bonds. The topological polar surface area (TPSA) is 42.4 Å². The maximum atomic E-state index is 12.9. The molecule has 24 heavy (non-hydrogen) atoms. The molecule has 0 radical (unpaired) electrons. The highest BCUT2D eigenvalue weighted by Crippen LogP contribution is 2.38. The second-order valence-electron chi connectivity index (χ2n) is 7.30. The van der Waals surface area contributed by atoms with Crippen molar-refractivity contribution in [2.75, 3.05) is 4.90 Å². The second-order valence-corrected chi connectivity index (χ2v) is 7.30. The molecule has 1 heterocycles. The van der Waals surface area contributed by atoms with Gasteiger partial charge >= 0.3 is 6.09 Å². The summed E-state index contributed by atoms with van der Waals surface area (Å²) in [6.45, 7) is 7.65. The zero-order chi connectivity index (χ0) is 17.3. The van der Waals surface area contributed by atoms with E-state index in [9.17, 15) is 4.79 Å². The molecule has 4 nitrogen and oxygen atoms in total. The molecule has 0 saturated carbocycles. The number of hydrogen-bond acceptors (Lipinski definition) is 3. The smallest absolute Gasteiger partial charge is 0.416 e. The number of rotatable bonds is 2. The van der Waals surface area contributed by atoms with Gasteiger partial charge in [0.15, 0.2) is 0 Å². The predicted octanol–water partition coefficient (Wildman–Crippen LogP) is 4.82. The van der Waals surface area contributed by atoms with E-state index in [1.165, 1.54) is 11.1 Å². The number of amides is 1. The minimum absolute atomic E-state index is 0.0367. The Balaban J connectivity index is 2.01. The molecule has 1 aromatic heterocycles. The van der Waals surface area contributed by atoms with Crippen LogP contribution in [0.2, 0.25) is 0 Å². The second kappa shape index (κ2) is 6.27. The number of hydrogen-bond donors (Lipinski definition) is 0. The van der Waals surface area contributed by atoms with E-state index in [2.05, 4.69) is 17.1 Å². The van der Waals surface area contributed by atoms with Crippen molar-refractivity contribution in [1.82, 2.24) is 4.98 Å². The molecule has 0 saturated heterocycles. The van der Waals surface area contributed by atoms with Crippen molar-refractivity contribution in [3.63, 3.8) is 0 Å². The standard InChI is InChI=1S/C20H24N2O2/c1-14-11-12-21-18(13-14)22(19(23)24-20(2,3)4)17-10-9-15-7-5-6-8-16(15)17/h5-8,11-13,17H,9-10H2,1-4H3/t17-/m0/s1. The fourth-order valence-electron chi connectivity index (χ4n) is 3.15. The average molecular weight is 324 g/mol. The van der Waals surface area contributed by atoms with Crippen LogP contribution in [0.15, 0.2) is 42.6 Å². The Bertz CT molecular complexity index is 749. The van der Waals surface area contributed by atoms with Gasteiger partial charge < -0.3 is 4.74 Å². The van der Waals surface area contributed by atoms with E-state index < -0.39 is 5.60 Å². The van der Waals surface area contributed by atoms with E-state index in [0.29, 0.717) is 5.82 Å². The summed E-state index contributed by atoms with van der Waals surface area (Å²) in [6.07, 6.45) is 3.24. The highest BCUT2D eigenvalue weighted by Gasteiger charge is 2.35. The Labute approximate surface area is 143 Å². The normalized spacial score (nSPS) is 16.6. The zero-order valence-corrected chi connectivity index (χ0v) is 14.7. The van der Waals surface area contributed by atoms with E-state index in [1.807, 2.05) is 52.0 Å². The maximum Gasteiger partial charge on any atom is 0.416 e. The monoisotopic (exact) mass is 324 g/mol. The number of pyridine rings is 1. The third-order valence-corrected chi connectivity index (χ3v) is 4.15. The van der Waals surface area contributed by atoms with Crippen LogP contribution < -0.4 is 4.90 Å². The number of aromatic nitrogens is 1. The van der Waals surface area contributed by atoms with Crippen molar-refractivity contribution in [2.45, 2.75) is 52.2 Å². The molecule has 0 N–H and O–H groups in total. The van der Waals surface area contributed by atoms with Gasteiger partial charge in [0.05, 0.1) is 6.04 Å². The van der Waals surface area contributed by atoms with Crippen LogP contribution in [0, 0.1) is 6.92 Å². The summed E-state index contributed by atoms with van der Waals surface area (Å²) >= 11 is 0. The van der Waals surface area contributed by atoms with Crippen LogP contribution in [0.5, 0.6) is 0 Å². The number of carbonyl (C=O) groups is 1. The van der Waals surface area contributed by atoms with Gasteiger partial charge in [0.2, 0.25) is 0 Å². The lowest BCUT2D eigenvalue weighted by atomic mass is 10.1. The summed E-state index contributed by atoms with van der Waals surface area (Å²) in [5.41, 5.74) is 3.01. The molecule has 0 aliphatic heterocycles.